The van der Waals surface area contributed by atoms with Crippen molar-refractivity contribution in [3.8, 4) is 0 Å². The van der Waals surface area contributed by atoms with Gasteiger partial charge in [0, 0.05) is 18.4 Å². The average Bonchev–Trinajstić information content (AvgIpc) is 2.32. The average molecular weight is 271 g/mol. The van der Waals surface area contributed by atoms with Gasteiger partial charge in [0.05, 0.1) is 0 Å². The number of carboxylic acid groups (broad SMARTS) is 1. The van der Waals surface area contributed by atoms with E-state index in [1.165, 1.54) is 0 Å². The first kappa shape index (κ1) is 17.9. The lowest BCUT2D eigenvalue weighted by molar-refractivity contribution is -0.137. The van der Waals surface area contributed by atoms with Gasteiger partial charge < -0.3 is 10.4 Å². The van der Waals surface area contributed by atoms with E-state index >= 15 is 0 Å². The third kappa shape index (κ3) is 7.19. The lowest BCUT2D eigenvalue weighted by Gasteiger charge is -2.24. The van der Waals surface area contributed by atoms with Crippen LogP contribution in [0.15, 0.2) is 0 Å². The number of carboxylic acids is 1. The summed E-state index contributed by atoms with van der Waals surface area (Å²) in [6, 6.07) is 0. The fraction of sp³-hybridized carbons (Fsp3) is 0.867. The Kier molecular flexibility index (Phi) is 7.72. The summed E-state index contributed by atoms with van der Waals surface area (Å²) in [6.07, 6.45) is 2.54. The molecule has 1 atom stereocenters. The molecule has 0 aromatic heterocycles. The molecule has 0 rings (SSSR count). The SMILES string of the molecule is CCC(C)(C)C(=O)NCCC(CCC(=O)O)C(C)C. The first-order chi connectivity index (χ1) is 8.70. The first-order valence-corrected chi connectivity index (χ1v) is 7.20. The molecule has 0 radical (unpaired) electrons. The number of aliphatic carboxylic acids is 1. The smallest absolute Gasteiger partial charge is 0.303 e. The zero-order valence-electron chi connectivity index (χ0n) is 13.0. The largest absolute Gasteiger partial charge is 0.481 e. The molecule has 112 valence electrons. The summed E-state index contributed by atoms with van der Waals surface area (Å²) in [4.78, 5) is 22.5. The molecule has 0 aromatic carbocycles. The van der Waals surface area contributed by atoms with Gasteiger partial charge in [-0.3, -0.25) is 9.59 Å². The number of nitrogens with one attached hydrogen (secondary N) is 1. The van der Waals surface area contributed by atoms with Crippen LogP contribution in [0.3, 0.4) is 0 Å². The van der Waals surface area contributed by atoms with Crippen molar-refractivity contribution in [1.29, 1.82) is 0 Å². The van der Waals surface area contributed by atoms with E-state index < -0.39 is 5.97 Å². The number of carbonyl (C=O) groups excluding carboxylic acids is 1. The maximum atomic E-state index is 11.9. The van der Waals surface area contributed by atoms with Crippen molar-refractivity contribution in [2.75, 3.05) is 6.54 Å². The molecule has 1 amide bonds. The first-order valence-electron chi connectivity index (χ1n) is 7.20. The van der Waals surface area contributed by atoms with E-state index in [0.717, 1.165) is 12.8 Å². The molecule has 19 heavy (non-hydrogen) atoms. The molecule has 1 unspecified atom stereocenters. The Labute approximate surface area is 117 Å². The molecule has 0 saturated carbocycles. The quantitative estimate of drug-likeness (QED) is 0.677. The van der Waals surface area contributed by atoms with Crippen molar-refractivity contribution >= 4 is 11.9 Å². The Morgan fingerprint density at radius 3 is 2.21 bits per heavy atom. The minimum atomic E-state index is -0.748. The number of hydrogen-bond acceptors (Lipinski definition) is 2. The number of amides is 1. The van der Waals surface area contributed by atoms with Crippen LogP contribution in [0, 0.1) is 17.3 Å². The topological polar surface area (TPSA) is 66.4 Å². The fourth-order valence-corrected chi connectivity index (χ4v) is 1.89. The number of carbonyl (C=O) groups is 2. The van der Waals surface area contributed by atoms with E-state index in [0.29, 0.717) is 24.8 Å². The molecule has 2 N–H and O–H groups in total. The summed E-state index contributed by atoms with van der Waals surface area (Å²) in [5.74, 6) is 0.120. The third-order valence-corrected chi connectivity index (χ3v) is 3.97. The normalized spacial score (nSPS) is 13.4. The summed E-state index contributed by atoms with van der Waals surface area (Å²) >= 11 is 0. The van der Waals surface area contributed by atoms with Gasteiger partial charge in [-0.15, -0.1) is 0 Å². The zero-order chi connectivity index (χ0) is 15.1. The Morgan fingerprint density at radius 1 is 1.21 bits per heavy atom. The van der Waals surface area contributed by atoms with Crippen molar-refractivity contribution in [3.05, 3.63) is 0 Å². The molecule has 0 fully saturated rings. The van der Waals surface area contributed by atoms with Gasteiger partial charge >= 0.3 is 5.97 Å². The molecule has 0 aliphatic rings. The molecule has 0 aromatic rings. The van der Waals surface area contributed by atoms with Gasteiger partial charge in [0.2, 0.25) is 5.91 Å². The predicted octanol–water partition coefficient (Wildman–Crippen LogP) is 3.07. The molecule has 0 spiro atoms. The summed E-state index contributed by atoms with van der Waals surface area (Å²) in [7, 11) is 0. The second-order valence-electron chi connectivity index (χ2n) is 6.22. The summed E-state index contributed by atoms with van der Waals surface area (Å²) in [5.41, 5.74) is -0.325. The Bertz CT molecular complexity index is 298. The van der Waals surface area contributed by atoms with Crippen LogP contribution in [0.1, 0.15) is 60.3 Å². The van der Waals surface area contributed by atoms with Gasteiger partial charge in [-0.1, -0.05) is 34.6 Å². The van der Waals surface area contributed by atoms with Gasteiger partial charge in [-0.25, -0.2) is 0 Å². The second-order valence-corrected chi connectivity index (χ2v) is 6.22. The Balaban J connectivity index is 4.13. The zero-order valence-corrected chi connectivity index (χ0v) is 13.0. The molecule has 0 aliphatic carbocycles. The van der Waals surface area contributed by atoms with Crippen molar-refractivity contribution in [2.24, 2.45) is 17.3 Å². The molecule has 0 saturated heterocycles. The summed E-state index contributed by atoms with van der Waals surface area (Å²) in [6.45, 7) is 10.7. The highest BCUT2D eigenvalue weighted by Gasteiger charge is 2.25. The fourth-order valence-electron chi connectivity index (χ4n) is 1.89. The number of rotatable bonds is 9. The molecule has 4 nitrogen and oxygen atoms in total. The third-order valence-electron chi connectivity index (χ3n) is 3.97. The molecule has 4 heteroatoms. The molecule has 0 aliphatic heterocycles. The van der Waals surface area contributed by atoms with Gasteiger partial charge in [-0.2, -0.15) is 0 Å². The van der Waals surface area contributed by atoms with Gasteiger partial charge in [0.15, 0.2) is 0 Å². The minimum Gasteiger partial charge on any atom is -0.481 e. The Morgan fingerprint density at radius 2 is 1.79 bits per heavy atom. The van der Waals surface area contributed by atoms with Crippen LogP contribution in [-0.4, -0.2) is 23.5 Å². The summed E-state index contributed by atoms with van der Waals surface area (Å²) in [5, 5.41) is 11.7. The Hall–Kier alpha value is -1.06. The molecular weight excluding hydrogens is 242 g/mol. The van der Waals surface area contributed by atoms with Crippen molar-refractivity contribution in [1.82, 2.24) is 5.32 Å². The van der Waals surface area contributed by atoms with Crippen LogP contribution >= 0.6 is 0 Å². The van der Waals surface area contributed by atoms with E-state index in [2.05, 4.69) is 19.2 Å². The molecule has 0 bridgehead atoms. The van der Waals surface area contributed by atoms with Crippen LogP contribution in [0.4, 0.5) is 0 Å². The number of hydrogen-bond donors (Lipinski definition) is 2. The highest BCUT2D eigenvalue weighted by atomic mass is 16.4. The van der Waals surface area contributed by atoms with Gasteiger partial charge in [0.25, 0.3) is 0 Å². The van der Waals surface area contributed by atoms with Crippen LogP contribution in [0.5, 0.6) is 0 Å². The monoisotopic (exact) mass is 271 g/mol. The summed E-state index contributed by atoms with van der Waals surface area (Å²) < 4.78 is 0. The highest BCUT2D eigenvalue weighted by molar-refractivity contribution is 5.81. The van der Waals surface area contributed by atoms with Crippen LogP contribution in [0.25, 0.3) is 0 Å². The highest BCUT2D eigenvalue weighted by Crippen LogP contribution is 2.22. The van der Waals surface area contributed by atoms with E-state index in [-0.39, 0.29) is 17.7 Å². The van der Waals surface area contributed by atoms with E-state index in [9.17, 15) is 9.59 Å². The van der Waals surface area contributed by atoms with Crippen LogP contribution in [0.2, 0.25) is 0 Å². The minimum absolute atomic E-state index is 0.0794. The standard InChI is InChI=1S/C15H29NO3/c1-6-15(4,5)14(19)16-10-9-12(11(2)3)7-8-13(17)18/h11-12H,6-10H2,1-5H3,(H,16,19)(H,17,18). The van der Waals surface area contributed by atoms with Crippen molar-refractivity contribution < 1.29 is 14.7 Å². The maximum absolute atomic E-state index is 11.9. The second kappa shape index (κ2) is 8.18. The van der Waals surface area contributed by atoms with Gasteiger partial charge in [-0.05, 0) is 31.1 Å². The molecular formula is C15H29NO3. The van der Waals surface area contributed by atoms with Gasteiger partial charge in [0.1, 0.15) is 0 Å². The van der Waals surface area contributed by atoms with Crippen molar-refractivity contribution in [2.45, 2.75) is 60.3 Å². The predicted molar refractivity (Wildman–Crippen MR) is 76.9 cm³/mol. The lowest BCUT2D eigenvalue weighted by atomic mass is 9.87. The van der Waals surface area contributed by atoms with Crippen LogP contribution < -0.4 is 5.32 Å². The van der Waals surface area contributed by atoms with E-state index in [4.69, 9.17) is 5.11 Å². The lowest BCUT2D eigenvalue weighted by Crippen LogP contribution is -2.37. The maximum Gasteiger partial charge on any atom is 0.303 e. The van der Waals surface area contributed by atoms with Crippen LogP contribution in [-0.2, 0) is 9.59 Å². The van der Waals surface area contributed by atoms with Crippen molar-refractivity contribution in [3.63, 3.8) is 0 Å². The van der Waals surface area contributed by atoms with E-state index in [1.54, 1.807) is 0 Å². The van der Waals surface area contributed by atoms with E-state index in [1.807, 2.05) is 20.8 Å². The molecule has 0 heterocycles.